The van der Waals surface area contributed by atoms with Crippen LogP contribution in [0.3, 0.4) is 0 Å². The van der Waals surface area contributed by atoms with Gasteiger partial charge < -0.3 is 4.74 Å². The van der Waals surface area contributed by atoms with Crippen molar-refractivity contribution in [1.82, 2.24) is 5.43 Å². The molecule has 1 aliphatic rings. The molecule has 0 aliphatic heterocycles. The quantitative estimate of drug-likeness (QED) is 0.843. The molecule has 1 amide bonds. The van der Waals surface area contributed by atoms with Crippen LogP contribution >= 0.6 is 0 Å². The van der Waals surface area contributed by atoms with Gasteiger partial charge in [0.1, 0.15) is 5.75 Å². The number of allylic oxidation sites excluding steroid dienone is 2. The molecule has 0 saturated heterocycles. The van der Waals surface area contributed by atoms with E-state index < -0.39 is 0 Å². The fraction of sp³-hybridized carbons (Fsp3) is 0.444. The van der Waals surface area contributed by atoms with Crippen molar-refractivity contribution >= 4 is 11.6 Å². The van der Waals surface area contributed by atoms with Gasteiger partial charge in [-0.15, -0.1) is 0 Å². The van der Waals surface area contributed by atoms with Gasteiger partial charge in [-0.05, 0) is 55.9 Å². The summed E-state index contributed by atoms with van der Waals surface area (Å²) in [6.07, 6.45) is 3.92. The number of nitrogens with zero attached hydrogens (tertiary/aromatic N) is 1. The van der Waals surface area contributed by atoms with Crippen LogP contribution in [0.4, 0.5) is 0 Å². The highest BCUT2D eigenvalue weighted by Gasteiger charge is 2.11. The average molecular weight is 300 g/mol. The zero-order valence-electron chi connectivity index (χ0n) is 13.8. The molecule has 1 aliphatic carbocycles. The van der Waals surface area contributed by atoms with E-state index >= 15 is 0 Å². The van der Waals surface area contributed by atoms with Crippen LogP contribution < -0.4 is 10.2 Å². The van der Waals surface area contributed by atoms with Gasteiger partial charge in [-0.3, -0.25) is 4.79 Å². The van der Waals surface area contributed by atoms with Crippen LogP contribution in [-0.2, 0) is 4.79 Å². The minimum Gasteiger partial charge on any atom is -0.483 e. The first-order chi connectivity index (χ1) is 10.5. The molecule has 4 heteroatoms. The van der Waals surface area contributed by atoms with E-state index in [1.807, 2.05) is 19.1 Å². The van der Waals surface area contributed by atoms with E-state index in [0.29, 0.717) is 5.92 Å². The average Bonchev–Trinajstić information content (AvgIpc) is 2.88. The van der Waals surface area contributed by atoms with Crippen molar-refractivity contribution in [2.24, 2.45) is 5.10 Å². The Morgan fingerprint density at radius 3 is 2.73 bits per heavy atom. The zero-order chi connectivity index (χ0) is 16.1. The molecule has 1 aromatic rings. The fourth-order valence-corrected chi connectivity index (χ4v) is 2.40. The van der Waals surface area contributed by atoms with Crippen molar-refractivity contribution in [2.45, 2.75) is 46.5 Å². The van der Waals surface area contributed by atoms with Crippen LogP contribution in [0.2, 0.25) is 0 Å². The van der Waals surface area contributed by atoms with Crippen LogP contribution in [0.15, 0.2) is 34.9 Å². The highest BCUT2D eigenvalue weighted by Crippen LogP contribution is 2.27. The third-order valence-corrected chi connectivity index (χ3v) is 3.66. The number of hydrogen-bond acceptors (Lipinski definition) is 3. The largest absolute Gasteiger partial charge is 0.483 e. The van der Waals surface area contributed by atoms with Gasteiger partial charge in [0.25, 0.3) is 5.91 Å². The molecule has 0 heterocycles. The van der Waals surface area contributed by atoms with E-state index in [2.05, 4.69) is 43.4 Å². The SMILES string of the molecule is CC1=C/C(=N\NC(=O)COc2cc(C)ccc2C(C)C)CC1. The van der Waals surface area contributed by atoms with Gasteiger partial charge in [-0.1, -0.05) is 31.6 Å². The first-order valence-corrected chi connectivity index (χ1v) is 7.71. The summed E-state index contributed by atoms with van der Waals surface area (Å²) in [4.78, 5) is 11.9. The number of hydrogen-bond donors (Lipinski definition) is 1. The molecule has 118 valence electrons. The maximum atomic E-state index is 11.9. The lowest BCUT2D eigenvalue weighted by molar-refractivity contribution is -0.123. The third-order valence-electron chi connectivity index (χ3n) is 3.66. The topological polar surface area (TPSA) is 50.7 Å². The first kappa shape index (κ1) is 16.3. The predicted octanol–water partition coefficient (Wildman–Crippen LogP) is 3.71. The second kappa shape index (κ2) is 7.25. The molecule has 22 heavy (non-hydrogen) atoms. The molecule has 0 fully saturated rings. The summed E-state index contributed by atoms with van der Waals surface area (Å²) in [7, 11) is 0. The van der Waals surface area contributed by atoms with E-state index in [-0.39, 0.29) is 12.5 Å². The van der Waals surface area contributed by atoms with E-state index in [4.69, 9.17) is 4.74 Å². The summed E-state index contributed by atoms with van der Waals surface area (Å²) in [6.45, 7) is 8.27. The second-order valence-electron chi connectivity index (χ2n) is 6.11. The molecule has 0 bridgehead atoms. The third kappa shape index (κ3) is 4.45. The molecule has 1 aromatic carbocycles. The predicted molar refractivity (Wildman–Crippen MR) is 89.3 cm³/mol. The number of benzene rings is 1. The Morgan fingerprint density at radius 2 is 2.09 bits per heavy atom. The minimum absolute atomic E-state index is 0.0251. The van der Waals surface area contributed by atoms with Crippen LogP contribution in [0.1, 0.15) is 50.7 Å². The van der Waals surface area contributed by atoms with Crippen LogP contribution in [0, 0.1) is 6.92 Å². The molecule has 0 atom stereocenters. The number of aryl methyl sites for hydroxylation is 1. The van der Waals surface area contributed by atoms with Crippen molar-refractivity contribution in [3.8, 4) is 5.75 Å². The summed E-state index contributed by atoms with van der Waals surface area (Å²) in [6, 6.07) is 6.08. The molecular formula is C18H24N2O2. The number of nitrogens with one attached hydrogen (secondary N) is 1. The molecule has 0 radical (unpaired) electrons. The van der Waals surface area contributed by atoms with E-state index in [1.54, 1.807) is 0 Å². The summed E-state index contributed by atoms with van der Waals surface area (Å²) in [5, 5.41) is 4.12. The van der Waals surface area contributed by atoms with Crippen LogP contribution in [-0.4, -0.2) is 18.2 Å². The number of carbonyl (C=O) groups is 1. The summed E-state index contributed by atoms with van der Waals surface area (Å²) >= 11 is 0. The molecule has 0 unspecified atom stereocenters. The van der Waals surface area contributed by atoms with E-state index in [1.165, 1.54) is 5.57 Å². The Morgan fingerprint density at radius 1 is 1.32 bits per heavy atom. The van der Waals surface area contributed by atoms with Gasteiger partial charge in [0.15, 0.2) is 6.61 Å². The summed E-state index contributed by atoms with van der Waals surface area (Å²) < 4.78 is 5.68. The molecule has 0 saturated carbocycles. The molecule has 0 spiro atoms. The number of hydrazone groups is 1. The Kier molecular flexibility index (Phi) is 5.36. The zero-order valence-corrected chi connectivity index (χ0v) is 13.8. The van der Waals surface area contributed by atoms with Gasteiger partial charge in [0, 0.05) is 0 Å². The number of carbonyl (C=O) groups excluding carboxylic acids is 1. The number of amides is 1. The number of ether oxygens (including phenoxy) is 1. The Hall–Kier alpha value is -2.10. The Balaban J connectivity index is 1.93. The second-order valence-corrected chi connectivity index (χ2v) is 6.11. The summed E-state index contributed by atoms with van der Waals surface area (Å²) in [5.74, 6) is 0.890. The normalized spacial score (nSPS) is 16.0. The highest BCUT2D eigenvalue weighted by molar-refractivity contribution is 5.98. The number of rotatable bonds is 5. The van der Waals surface area contributed by atoms with Gasteiger partial charge in [-0.25, -0.2) is 5.43 Å². The Labute approximate surface area is 132 Å². The Bertz CT molecular complexity index is 616. The highest BCUT2D eigenvalue weighted by atomic mass is 16.5. The van der Waals surface area contributed by atoms with Gasteiger partial charge in [0.2, 0.25) is 0 Å². The monoisotopic (exact) mass is 300 g/mol. The van der Waals surface area contributed by atoms with Crippen LogP contribution in [0.25, 0.3) is 0 Å². The fourth-order valence-electron chi connectivity index (χ4n) is 2.40. The van der Waals surface area contributed by atoms with Crippen molar-refractivity contribution in [1.29, 1.82) is 0 Å². The molecule has 2 rings (SSSR count). The maximum absolute atomic E-state index is 11.9. The standard InChI is InChI=1S/C18H24N2O2/c1-12(2)16-8-6-14(4)10-17(16)22-11-18(21)20-19-15-7-5-13(3)9-15/h6,8-10,12H,5,7,11H2,1-4H3,(H,20,21)/b19-15-. The van der Waals surface area contributed by atoms with Crippen molar-refractivity contribution in [2.75, 3.05) is 6.61 Å². The van der Waals surface area contributed by atoms with Crippen molar-refractivity contribution in [3.63, 3.8) is 0 Å². The van der Waals surface area contributed by atoms with Crippen molar-refractivity contribution < 1.29 is 9.53 Å². The lowest BCUT2D eigenvalue weighted by atomic mass is 10.0. The molecule has 4 nitrogen and oxygen atoms in total. The minimum atomic E-state index is -0.235. The van der Waals surface area contributed by atoms with E-state index in [0.717, 1.165) is 35.4 Å². The van der Waals surface area contributed by atoms with E-state index in [9.17, 15) is 4.79 Å². The molecule has 1 N–H and O–H groups in total. The molecule has 0 aromatic heterocycles. The van der Waals surface area contributed by atoms with Crippen molar-refractivity contribution in [3.05, 3.63) is 41.0 Å². The first-order valence-electron chi connectivity index (χ1n) is 7.71. The van der Waals surface area contributed by atoms with Gasteiger partial charge >= 0.3 is 0 Å². The smallest absolute Gasteiger partial charge is 0.277 e. The lowest BCUT2D eigenvalue weighted by Gasteiger charge is -2.14. The van der Waals surface area contributed by atoms with Gasteiger partial charge in [-0.2, -0.15) is 5.10 Å². The van der Waals surface area contributed by atoms with Gasteiger partial charge in [0.05, 0.1) is 5.71 Å². The van der Waals surface area contributed by atoms with Crippen LogP contribution in [0.5, 0.6) is 5.75 Å². The molecular weight excluding hydrogens is 276 g/mol. The lowest BCUT2D eigenvalue weighted by Crippen LogP contribution is -2.25. The summed E-state index contributed by atoms with van der Waals surface area (Å²) in [5.41, 5.74) is 7.00. The maximum Gasteiger partial charge on any atom is 0.277 e.